The smallest absolute Gasteiger partial charge is 0.317 e. The molecule has 2 amide bonds. The third-order valence-corrected chi connectivity index (χ3v) is 4.96. The maximum absolute atomic E-state index is 12.3. The average Bonchev–Trinajstić information content (AvgIpc) is 3.06. The normalized spacial score (nSPS) is 11.8. The number of rotatable bonds is 8. The van der Waals surface area contributed by atoms with Crippen LogP contribution in [0.15, 0.2) is 29.6 Å². The number of carbonyl (C=O) groups excluding carboxylic acids is 1. The molecule has 1 heterocycles. The number of hydrogen-bond acceptors (Lipinski definition) is 4. The zero-order valence-electron chi connectivity index (χ0n) is 15.4. The van der Waals surface area contributed by atoms with Crippen molar-refractivity contribution in [1.82, 2.24) is 15.2 Å². The van der Waals surface area contributed by atoms with Crippen molar-refractivity contribution in [3.63, 3.8) is 0 Å². The van der Waals surface area contributed by atoms with E-state index in [1.807, 2.05) is 48.4 Å². The number of ether oxygens (including phenoxy) is 1. The van der Waals surface area contributed by atoms with Gasteiger partial charge in [-0.25, -0.2) is 9.78 Å². The van der Waals surface area contributed by atoms with Crippen molar-refractivity contribution in [3.05, 3.63) is 45.9 Å². The molecule has 0 aliphatic rings. The molecule has 2 aromatic rings. The van der Waals surface area contributed by atoms with Crippen LogP contribution in [0.2, 0.25) is 0 Å². The minimum Gasteiger partial charge on any atom is -0.486 e. The molecule has 0 fully saturated rings. The van der Waals surface area contributed by atoms with Crippen molar-refractivity contribution in [2.45, 2.75) is 53.3 Å². The highest BCUT2D eigenvalue weighted by Gasteiger charge is 2.19. The van der Waals surface area contributed by atoms with Crippen molar-refractivity contribution in [2.24, 2.45) is 0 Å². The van der Waals surface area contributed by atoms with Crippen molar-refractivity contribution < 1.29 is 9.53 Å². The first-order chi connectivity index (χ1) is 12.0. The lowest BCUT2D eigenvalue weighted by Gasteiger charge is -2.27. The van der Waals surface area contributed by atoms with Gasteiger partial charge >= 0.3 is 6.03 Å². The van der Waals surface area contributed by atoms with Crippen LogP contribution in [0, 0.1) is 6.92 Å². The molecule has 0 aliphatic carbocycles. The van der Waals surface area contributed by atoms with E-state index in [1.54, 1.807) is 11.3 Å². The molecule has 0 bridgehead atoms. The first-order valence-corrected chi connectivity index (χ1v) is 9.59. The Morgan fingerprint density at radius 2 is 2.12 bits per heavy atom. The summed E-state index contributed by atoms with van der Waals surface area (Å²) in [5, 5.41) is 5.80. The Morgan fingerprint density at radius 3 is 2.80 bits per heavy atom. The van der Waals surface area contributed by atoms with Crippen molar-refractivity contribution in [1.29, 1.82) is 0 Å². The number of nitrogens with zero attached hydrogens (tertiary/aromatic N) is 2. The van der Waals surface area contributed by atoms with E-state index >= 15 is 0 Å². The van der Waals surface area contributed by atoms with E-state index in [2.05, 4.69) is 24.1 Å². The molecule has 1 aromatic heterocycles. The Balaban J connectivity index is 1.99. The minimum absolute atomic E-state index is 0.0393. The molecule has 0 radical (unpaired) electrons. The fourth-order valence-corrected chi connectivity index (χ4v) is 3.12. The van der Waals surface area contributed by atoms with Crippen LogP contribution in [0.4, 0.5) is 4.79 Å². The third kappa shape index (κ3) is 5.46. The van der Waals surface area contributed by atoms with Crippen molar-refractivity contribution in [2.75, 3.05) is 6.54 Å². The number of aryl methyl sites for hydroxylation is 1. The number of hydrogen-bond donors (Lipinski definition) is 1. The van der Waals surface area contributed by atoms with Gasteiger partial charge < -0.3 is 15.0 Å². The molecule has 1 N–H and O–H groups in total. The van der Waals surface area contributed by atoms with Crippen LogP contribution >= 0.6 is 11.3 Å². The van der Waals surface area contributed by atoms with Crippen LogP contribution in [0.25, 0.3) is 0 Å². The van der Waals surface area contributed by atoms with Crippen molar-refractivity contribution in [3.8, 4) is 5.75 Å². The molecule has 0 unspecified atom stereocenters. The second kappa shape index (κ2) is 9.42. The predicted octanol–water partition coefficient (Wildman–Crippen LogP) is 4.36. The molecular weight excluding hydrogens is 334 g/mol. The van der Waals surface area contributed by atoms with Crippen LogP contribution < -0.4 is 10.1 Å². The van der Waals surface area contributed by atoms with Crippen LogP contribution in [-0.4, -0.2) is 28.5 Å². The number of benzene rings is 1. The number of carbonyl (C=O) groups is 1. The van der Waals surface area contributed by atoms with Gasteiger partial charge in [0.2, 0.25) is 0 Å². The number of para-hydroxylation sites is 1. The zero-order valence-corrected chi connectivity index (χ0v) is 16.2. The number of amides is 2. The number of aromatic nitrogens is 1. The minimum atomic E-state index is -0.0393. The SMILES string of the molecule is CCNC(=O)N(Cc1csc(COc2ccccc2C)n1)[C@@H](C)CC. The van der Waals surface area contributed by atoms with Gasteiger partial charge in [0.05, 0.1) is 12.2 Å². The summed E-state index contributed by atoms with van der Waals surface area (Å²) >= 11 is 1.57. The van der Waals surface area contributed by atoms with Gasteiger partial charge in [0, 0.05) is 18.0 Å². The molecule has 136 valence electrons. The molecule has 1 aromatic carbocycles. The summed E-state index contributed by atoms with van der Waals surface area (Å²) in [5.41, 5.74) is 2.01. The van der Waals surface area contributed by atoms with Crippen molar-refractivity contribution >= 4 is 17.4 Å². The zero-order chi connectivity index (χ0) is 18.2. The Labute approximate surface area is 154 Å². The Morgan fingerprint density at radius 1 is 1.36 bits per heavy atom. The lowest BCUT2D eigenvalue weighted by Crippen LogP contribution is -2.44. The number of urea groups is 1. The highest BCUT2D eigenvalue weighted by Crippen LogP contribution is 2.20. The Kier molecular flexibility index (Phi) is 7.25. The summed E-state index contributed by atoms with van der Waals surface area (Å²) in [7, 11) is 0. The van der Waals surface area contributed by atoms with Crippen LogP contribution in [0.5, 0.6) is 5.75 Å². The quantitative estimate of drug-likeness (QED) is 0.760. The topological polar surface area (TPSA) is 54.5 Å². The summed E-state index contributed by atoms with van der Waals surface area (Å²) in [6.45, 7) is 9.68. The third-order valence-electron chi connectivity index (χ3n) is 4.09. The molecule has 5 nitrogen and oxygen atoms in total. The second-order valence-corrected chi connectivity index (χ2v) is 6.95. The molecule has 0 aliphatic heterocycles. The molecule has 1 atom stereocenters. The van der Waals surface area contributed by atoms with Crippen LogP contribution in [0.3, 0.4) is 0 Å². The summed E-state index contributed by atoms with van der Waals surface area (Å²) in [4.78, 5) is 18.7. The molecule has 0 saturated heterocycles. The summed E-state index contributed by atoms with van der Waals surface area (Å²) in [5.74, 6) is 0.878. The fraction of sp³-hybridized carbons (Fsp3) is 0.474. The molecule has 2 rings (SSSR count). The van der Waals surface area contributed by atoms with Gasteiger partial charge in [-0.15, -0.1) is 11.3 Å². The van der Waals surface area contributed by atoms with E-state index in [0.29, 0.717) is 19.7 Å². The lowest BCUT2D eigenvalue weighted by molar-refractivity contribution is 0.173. The molecule has 0 saturated carbocycles. The van der Waals surface area contributed by atoms with E-state index in [4.69, 9.17) is 4.74 Å². The monoisotopic (exact) mass is 361 g/mol. The largest absolute Gasteiger partial charge is 0.486 e. The maximum Gasteiger partial charge on any atom is 0.317 e. The fourth-order valence-electron chi connectivity index (χ4n) is 2.42. The summed E-state index contributed by atoms with van der Waals surface area (Å²) < 4.78 is 5.85. The summed E-state index contributed by atoms with van der Waals surface area (Å²) in [6, 6.07) is 8.07. The van der Waals surface area contributed by atoms with Crippen LogP contribution in [-0.2, 0) is 13.2 Å². The Hall–Kier alpha value is -2.08. The number of nitrogens with one attached hydrogen (secondary N) is 1. The standard InChI is InChI=1S/C19H27N3O2S/c1-5-15(4)22(19(23)20-6-2)11-16-13-25-18(21-16)12-24-17-10-8-7-9-14(17)3/h7-10,13,15H,5-6,11-12H2,1-4H3,(H,20,23)/t15-/m0/s1. The highest BCUT2D eigenvalue weighted by atomic mass is 32.1. The van der Waals surface area contributed by atoms with Gasteiger partial charge in [0.15, 0.2) is 0 Å². The second-order valence-electron chi connectivity index (χ2n) is 6.01. The molecule has 6 heteroatoms. The predicted molar refractivity (Wildman–Crippen MR) is 102 cm³/mol. The summed E-state index contributed by atoms with van der Waals surface area (Å²) in [6.07, 6.45) is 0.907. The number of thiazole rings is 1. The van der Waals surface area contributed by atoms with Gasteiger partial charge in [0.1, 0.15) is 17.4 Å². The van der Waals surface area contributed by atoms with Crippen LogP contribution in [0.1, 0.15) is 43.5 Å². The highest BCUT2D eigenvalue weighted by molar-refractivity contribution is 7.09. The van der Waals surface area contributed by atoms with E-state index in [9.17, 15) is 4.79 Å². The molecule has 0 spiro atoms. The van der Waals surface area contributed by atoms with Gasteiger partial charge in [-0.2, -0.15) is 0 Å². The van der Waals surface area contributed by atoms with E-state index in [0.717, 1.165) is 28.4 Å². The molecule has 25 heavy (non-hydrogen) atoms. The molecular formula is C19H27N3O2S. The first kappa shape index (κ1) is 19.2. The lowest BCUT2D eigenvalue weighted by atomic mass is 10.2. The average molecular weight is 362 g/mol. The van der Waals surface area contributed by atoms with Gasteiger partial charge in [-0.1, -0.05) is 25.1 Å². The maximum atomic E-state index is 12.3. The van der Waals surface area contributed by atoms with Gasteiger partial charge in [-0.05, 0) is 38.8 Å². The van der Waals surface area contributed by atoms with E-state index in [1.165, 1.54) is 0 Å². The first-order valence-electron chi connectivity index (χ1n) is 8.71. The Bertz CT molecular complexity index is 687. The van der Waals surface area contributed by atoms with Gasteiger partial charge in [-0.3, -0.25) is 0 Å². The van der Waals surface area contributed by atoms with E-state index in [-0.39, 0.29) is 12.1 Å². The van der Waals surface area contributed by atoms with E-state index < -0.39 is 0 Å². The van der Waals surface area contributed by atoms with Gasteiger partial charge in [0.25, 0.3) is 0 Å².